The summed E-state index contributed by atoms with van der Waals surface area (Å²) < 4.78 is 6.91. The molecule has 10 nitrogen and oxygen atoms in total. The Hall–Kier alpha value is -4.64. The normalized spacial score (nSPS) is 11.3. The van der Waals surface area contributed by atoms with E-state index in [1.807, 2.05) is 47.8 Å². The molecule has 3 aromatic heterocycles. The summed E-state index contributed by atoms with van der Waals surface area (Å²) in [5.74, 6) is 0.914. The Labute approximate surface area is 197 Å². The van der Waals surface area contributed by atoms with E-state index in [4.69, 9.17) is 15.5 Å². The molecule has 0 fully saturated rings. The number of thiophene rings is 1. The van der Waals surface area contributed by atoms with Crippen molar-refractivity contribution in [3.05, 3.63) is 82.2 Å². The van der Waals surface area contributed by atoms with Crippen LogP contribution in [0.25, 0.3) is 27.5 Å². The predicted octanol–water partition coefficient (Wildman–Crippen LogP) is 6.04. The molecular formula is C23H17N7O3S. The zero-order valence-electron chi connectivity index (χ0n) is 17.8. The van der Waals surface area contributed by atoms with Gasteiger partial charge in [0.05, 0.1) is 34.0 Å². The number of non-ortho nitro benzene ring substituents is 1. The molecule has 11 heteroatoms. The van der Waals surface area contributed by atoms with E-state index in [1.165, 1.54) is 24.3 Å². The van der Waals surface area contributed by atoms with Crippen LogP contribution in [0.1, 0.15) is 0 Å². The van der Waals surface area contributed by atoms with Gasteiger partial charge in [0.25, 0.3) is 5.69 Å². The van der Waals surface area contributed by atoms with E-state index in [0.717, 1.165) is 21.9 Å². The summed E-state index contributed by atoms with van der Waals surface area (Å²) in [4.78, 5) is 16.2. The third kappa shape index (κ3) is 3.95. The smallest absolute Gasteiger partial charge is 0.269 e. The largest absolute Gasteiger partial charge is 0.497 e. The van der Waals surface area contributed by atoms with Crippen LogP contribution in [0.5, 0.6) is 5.75 Å². The lowest BCUT2D eigenvalue weighted by Gasteiger charge is -2.08. The fourth-order valence-corrected chi connectivity index (χ4v) is 4.10. The number of hydrogen-bond donors (Lipinski definition) is 1. The van der Waals surface area contributed by atoms with E-state index in [9.17, 15) is 10.1 Å². The number of nitrogens with zero attached hydrogens (tertiary/aromatic N) is 6. The molecule has 0 atom stereocenters. The van der Waals surface area contributed by atoms with Crippen molar-refractivity contribution in [2.24, 2.45) is 10.2 Å². The Morgan fingerprint density at radius 3 is 2.50 bits per heavy atom. The number of nitrogens with two attached hydrogens (primary N) is 1. The molecule has 0 radical (unpaired) electrons. The molecule has 3 heterocycles. The van der Waals surface area contributed by atoms with E-state index in [2.05, 4.69) is 15.3 Å². The van der Waals surface area contributed by atoms with Crippen LogP contribution in [-0.2, 0) is 0 Å². The maximum Gasteiger partial charge on any atom is 0.269 e. The van der Waals surface area contributed by atoms with Crippen LogP contribution < -0.4 is 10.5 Å². The van der Waals surface area contributed by atoms with Gasteiger partial charge >= 0.3 is 0 Å². The topological polar surface area (TPSA) is 133 Å². The van der Waals surface area contributed by atoms with Gasteiger partial charge in [-0.3, -0.25) is 10.1 Å². The Morgan fingerprint density at radius 1 is 1.09 bits per heavy atom. The van der Waals surface area contributed by atoms with Gasteiger partial charge in [-0.2, -0.15) is 5.11 Å². The van der Waals surface area contributed by atoms with Crippen LogP contribution in [0.2, 0.25) is 0 Å². The lowest BCUT2D eigenvalue weighted by atomic mass is 10.1. The number of methoxy groups -OCH3 is 1. The van der Waals surface area contributed by atoms with E-state index >= 15 is 0 Å². The van der Waals surface area contributed by atoms with Gasteiger partial charge in [-0.05, 0) is 53.9 Å². The summed E-state index contributed by atoms with van der Waals surface area (Å²) >= 11 is 1.57. The Balaban J connectivity index is 1.64. The van der Waals surface area contributed by atoms with Crippen LogP contribution in [0.15, 0.2) is 82.3 Å². The predicted molar refractivity (Wildman–Crippen MR) is 130 cm³/mol. The summed E-state index contributed by atoms with van der Waals surface area (Å²) in [6, 6.07) is 19.2. The molecule has 2 N–H and O–H groups in total. The summed E-state index contributed by atoms with van der Waals surface area (Å²) in [6.45, 7) is 0. The minimum absolute atomic E-state index is 0.0270. The average Bonchev–Trinajstić information content (AvgIpc) is 3.50. The van der Waals surface area contributed by atoms with Gasteiger partial charge in [0.1, 0.15) is 5.75 Å². The number of benzene rings is 2. The zero-order chi connectivity index (χ0) is 23.7. The number of aromatic nitrogens is 3. The number of hydrogen-bond acceptors (Lipinski definition) is 9. The molecular weight excluding hydrogens is 454 g/mol. The van der Waals surface area contributed by atoms with Crippen LogP contribution >= 0.6 is 11.3 Å². The van der Waals surface area contributed by atoms with Crippen LogP contribution in [0.3, 0.4) is 0 Å². The fraction of sp³-hybridized carbons (Fsp3) is 0.0435. The second kappa shape index (κ2) is 8.71. The lowest BCUT2D eigenvalue weighted by Crippen LogP contribution is -1.98. The lowest BCUT2D eigenvalue weighted by molar-refractivity contribution is -0.384. The SMILES string of the molecule is COc1ccc(-c2cc(-c3cccs3)n3nc(N)c(N=Nc4ccc([N+](=O)[O-])cc4)c3n2)cc1. The number of anilines is 1. The molecule has 168 valence electrons. The average molecular weight is 472 g/mol. The minimum atomic E-state index is -0.471. The molecule has 0 aliphatic carbocycles. The molecule has 0 aliphatic rings. The molecule has 0 aliphatic heterocycles. The van der Waals surface area contributed by atoms with Crippen LogP contribution in [-0.4, -0.2) is 26.6 Å². The number of nitro benzene ring substituents is 1. The van der Waals surface area contributed by atoms with Crippen molar-refractivity contribution >= 4 is 39.9 Å². The van der Waals surface area contributed by atoms with Crippen LogP contribution in [0, 0.1) is 10.1 Å². The summed E-state index contributed by atoms with van der Waals surface area (Å²) in [5, 5.41) is 25.8. The number of fused-ring (bicyclic) bond motifs is 1. The third-order valence-electron chi connectivity index (χ3n) is 5.08. The van der Waals surface area contributed by atoms with Gasteiger partial charge < -0.3 is 10.5 Å². The monoisotopic (exact) mass is 471 g/mol. The molecule has 0 unspecified atom stereocenters. The molecule has 0 amide bonds. The van der Waals surface area contributed by atoms with Crippen molar-refractivity contribution in [3.63, 3.8) is 0 Å². The second-order valence-corrected chi connectivity index (χ2v) is 8.12. The summed E-state index contributed by atoms with van der Waals surface area (Å²) in [6.07, 6.45) is 0. The van der Waals surface area contributed by atoms with E-state index in [1.54, 1.807) is 23.0 Å². The van der Waals surface area contributed by atoms with Crippen molar-refractivity contribution in [2.45, 2.75) is 0 Å². The maximum atomic E-state index is 10.9. The van der Waals surface area contributed by atoms with E-state index < -0.39 is 4.92 Å². The Bertz CT molecular complexity index is 1510. The number of nitrogen functional groups attached to an aromatic ring is 1. The van der Waals surface area contributed by atoms with Crippen molar-refractivity contribution in [2.75, 3.05) is 12.8 Å². The van der Waals surface area contributed by atoms with Crippen LogP contribution in [0.4, 0.5) is 22.9 Å². The van der Waals surface area contributed by atoms with Crippen molar-refractivity contribution in [1.82, 2.24) is 14.6 Å². The Kier molecular flexibility index (Phi) is 5.44. The number of ether oxygens (including phenoxy) is 1. The fourth-order valence-electron chi connectivity index (χ4n) is 3.38. The first-order valence-electron chi connectivity index (χ1n) is 10.1. The van der Waals surface area contributed by atoms with Gasteiger partial charge in [-0.1, -0.05) is 6.07 Å². The third-order valence-corrected chi connectivity index (χ3v) is 5.97. The van der Waals surface area contributed by atoms with Gasteiger partial charge in [-0.25, -0.2) is 9.50 Å². The van der Waals surface area contributed by atoms with E-state index in [0.29, 0.717) is 22.7 Å². The quantitative estimate of drug-likeness (QED) is 0.182. The second-order valence-electron chi connectivity index (χ2n) is 7.18. The Morgan fingerprint density at radius 2 is 1.85 bits per heavy atom. The van der Waals surface area contributed by atoms with Gasteiger partial charge in [-0.15, -0.1) is 21.5 Å². The highest BCUT2D eigenvalue weighted by atomic mass is 32.1. The summed E-state index contributed by atoms with van der Waals surface area (Å²) in [7, 11) is 1.62. The van der Waals surface area contributed by atoms with Gasteiger partial charge in [0.15, 0.2) is 17.2 Å². The van der Waals surface area contributed by atoms with Crippen molar-refractivity contribution in [1.29, 1.82) is 0 Å². The highest BCUT2D eigenvalue weighted by Crippen LogP contribution is 2.35. The number of rotatable bonds is 6. The molecule has 34 heavy (non-hydrogen) atoms. The first kappa shape index (κ1) is 21.2. The molecule has 5 aromatic rings. The maximum absolute atomic E-state index is 10.9. The van der Waals surface area contributed by atoms with Crippen molar-refractivity contribution in [3.8, 4) is 27.6 Å². The minimum Gasteiger partial charge on any atom is -0.497 e. The molecule has 0 saturated heterocycles. The standard InChI is InChI=1S/C23H17N7O3S/c1-33-17-10-4-14(5-11-17)18-13-19(20-3-2-12-34-20)29-23(25-18)21(22(24)28-29)27-26-15-6-8-16(9-7-15)30(31)32/h2-13H,1H3,(H2,24,28). The number of nitro groups is 1. The zero-order valence-corrected chi connectivity index (χ0v) is 18.6. The molecule has 0 saturated carbocycles. The van der Waals surface area contributed by atoms with Gasteiger partial charge in [0.2, 0.25) is 0 Å². The highest BCUT2D eigenvalue weighted by molar-refractivity contribution is 7.13. The number of azo groups is 1. The first-order valence-corrected chi connectivity index (χ1v) is 10.9. The first-order chi connectivity index (χ1) is 16.5. The molecule has 5 rings (SSSR count). The van der Waals surface area contributed by atoms with Crippen molar-refractivity contribution < 1.29 is 9.66 Å². The highest BCUT2D eigenvalue weighted by Gasteiger charge is 2.18. The van der Waals surface area contributed by atoms with Gasteiger partial charge in [0, 0.05) is 17.7 Å². The molecule has 0 bridgehead atoms. The van der Waals surface area contributed by atoms with E-state index in [-0.39, 0.29) is 11.5 Å². The summed E-state index contributed by atoms with van der Waals surface area (Å²) in [5.41, 5.74) is 9.79. The molecule has 0 spiro atoms. The molecule has 2 aromatic carbocycles.